The van der Waals surface area contributed by atoms with Gasteiger partial charge in [0.1, 0.15) is 5.60 Å². The van der Waals surface area contributed by atoms with Crippen LogP contribution in [0.3, 0.4) is 0 Å². The van der Waals surface area contributed by atoms with E-state index in [2.05, 4.69) is 5.43 Å². The number of carbonyl (C=O) groups is 1. The van der Waals surface area contributed by atoms with Crippen molar-refractivity contribution in [1.29, 1.82) is 0 Å². The van der Waals surface area contributed by atoms with Crippen LogP contribution in [-0.2, 0) is 4.74 Å². The van der Waals surface area contributed by atoms with Crippen molar-refractivity contribution < 1.29 is 9.53 Å². The second kappa shape index (κ2) is 5.50. The first-order valence-electron chi connectivity index (χ1n) is 5.87. The molecule has 0 aliphatic carbocycles. The molecule has 5 heteroatoms. The fourth-order valence-corrected chi connectivity index (χ4v) is 1.66. The van der Waals surface area contributed by atoms with Crippen molar-refractivity contribution in [3.8, 4) is 0 Å². The Hall–Kier alpha value is -0.810. The van der Waals surface area contributed by atoms with E-state index >= 15 is 0 Å². The highest BCUT2D eigenvalue weighted by atomic mass is 16.6. The van der Waals surface area contributed by atoms with Gasteiger partial charge in [-0.2, -0.15) is 0 Å². The van der Waals surface area contributed by atoms with Gasteiger partial charge in [-0.25, -0.2) is 9.80 Å². The summed E-state index contributed by atoms with van der Waals surface area (Å²) < 4.78 is 5.19. The molecule has 0 spiro atoms. The van der Waals surface area contributed by atoms with Gasteiger partial charge in [-0.05, 0) is 40.0 Å². The van der Waals surface area contributed by atoms with E-state index in [1.807, 2.05) is 25.8 Å². The number of nitrogens with one attached hydrogen (secondary N) is 1. The molecule has 0 bridgehead atoms. The lowest BCUT2D eigenvalue weighted by atomic mass is 10.1. The summed E-state index contributed by atoms with van der Waals surface area (Å²) in [6.07, 6.45) is 2.56. The normalized spacial score (nSPS) is 23.6. The topological polar surface area (TPSA) is 67.6 Å². The molecule has 1 amide bonds. The third kappa shape index (κ3) is 5.32. The molecule has 1 fully saturated rings. The van der Waals surface area contributed by atoms with Gasteiger partial charge in [0.05, 0.1) is 0 Å². The SMILES string of the molecule is CC(C)(C)OC(=O)NN1CCCC(N)CC1. The van der Waals surface area contributed by atoms with Crippen molar-refractivity contribution >= 4 is 6.09 Å². The third-order valence-electron chi connectivity index (χ3n) is 2.42. The van der Waals surface area contributed by atoms with E-state index < -0.39 is 5.60 Å². The molecule has 0 aromatic rings. The number of carbonyl (C=O) groups excluding carboxylic acids is 1. The van der Waals surface area contributed by atoms with Crippen molar-refractivity contribution in [3.05, 3.63) is 0 Å². The second-order valence-electron chi connectivity index (χ2n) is 5.29. The predicted octanol–water partition coefficient (Wildman–Crippen LogP) is 1.24. The molecule has 1 aliphatic heterocycles. The van der Waals surface area contributed by atoms with E-state index in [-0.39, 0.29) is 12.1 Å². The molecule has 3 N–H and O–H groups in total. The number of hydrogen-bond donors (Lipinski definition) is 2. The molecule has 0 aromatic heterocycles. The quantitative estimate of drug-likeness (QED) is 0.710. The van der Waals surface area contributed by atoms with Crippen LogP contribution < -0.4 is 11.2 Å². The first kappa shape index (κ1) is 13.3. The zero-order chi connectivity index (χ0) is 12.2. The minimum Gasteiger partial charge on any atom is -0.443 e. The first-order valence-corrected chi connectivity index (χ1v) is 5.87. The average Bonchev–Trinajstić information content (AvgIpc) is 2.27. The van der Waals surface area contributed by atoms with Crippen LogP contribution in [0.15, 0.2) is 0 Å². The lowest BCUT2D eigenvalue weighted by molar-refractivity contribution is 0.0334. The number of rotatable bonds is 1. The van der Waals surface area contributed by atoms with Gasteiger partial charge in [-0.1, -0.05) is 0 Å². The molecule has 5 nitrogen and oxygen atoms in total. The van der Waals surface area contributed by atoms with Crippen molar-refractivity contribution in [2.75, 3.05) is 13.1 Å². The number of hydrazine groups is 1. The Kier molecular flexibility index (Phi) is 4.56. The Labute approximate surface area is 97.3 Å². The van der Waals surface area contributed by atoms with Crippen LogP contribution in [0.25, 0.3) is 0 Å². The summed E-state index contributed by atoms with van der Waals surface area (Å²) in [7, 11) is 0. The third-order valence-corrected chi connectivity index (χ3v) is 2.42. The molecule has 16 heavy (non-hydrogen) atoms. The fourth-order valence-electron chi connectivity index (χ4n) is 1.66. The van der Waals surface area contributed by atoms with E-state index in [1.54, 1.807) is 0 Å². The van der Waals surface area contributed by atoms with Gasteiger partial charge in [0.2, 0.25) is 0 Å². The highest BCUT2D eigenvalue weighted by Crippen LogP contribution is 2.09. The Morgan fingerprint density at radius 2 is 2.06 bits per heavy atom. The smallest absolute Gasteiger partial charge is 0.422 e. The zero-order valence-corrected chi connectivity index (χ0v) is 10.5. The molecule has 1 unspecified atom stereocenters. The Balaban J connectivity index is 2.33. The van der Waals surface area contributed by atoms with E-state index in [1.165, 1.54) is 0 Å². The van der Waals surface area contributed by atoms with Gasteiger partial charge in [0.15, 0.2) is 0 Å². The summed E-state index contributed by atoms with van der Waals surface area (Å²) in [5.74, 6) is 0. The summed E-state index contributed by atoms with van der Waals surface area (Å²) in [5.41, 5.74) is 8.16. The van der Waals surface area contributed by atoms with E-state index in [4.69, 9.17) is 10.5 Å². The zero-order valence-electron chi connectivity index (χ0n) is 10.5. The summed E-state index contributed by atoms with van der Waals surface area (Å²) >= 11 is 0. The number of ether oxygens (including phenoxy) is 1. The van der Waals surface area contributed by atoms with Crippen LogP contribution >= 0.6 is 0 Å². The Bertz CT molecular complexity index is 238. The van der Waals surface area contributed by atoms with Crippen LogP contribution in [0.2, 0.25) is 0 Å². The highest BCUT2D eigenvalue weighted by Gasteiger charge is 2.20. The van der Waals surface area contributed by atoms with Gasteiger partial charge in [0, 0.05) is 19.1 Å². The monoisotopic (exact) mass is 229 g/mol. The van der Waals surface area contributed by atoms with Crippen LogP contribution in [0.5, 0.6) is 0 Å². The second-order valence-corrected chi connectivity index (χ2v) is 5.29. The average molecular weight is 229 g/mol. The molecule has 1 heterocycles. The molecule has 94 valence electrons. The molecule has 0 saturated carbocycles. The maximum absolute atomic E-state index is 11.5. The largest absolute Gasteiger partial charge is 0.443 e. The molecule has 1 rings (SSSR count). The number of amides is 1. The van der Waals surface area contributed by atoms with Crippen molar-refractivity contribution in [2.45, 2.75) is 51.7 Å². The number of nitrogens with zero attached hydrogens (tertiary/aromatic N) is 1. The van der Waals surface area contributed by atoms with Crippen LogP contribution in [0.1, 0.15) is 40.0 Å². The molecular weight excluding hydrogens is 206 g/mol. The van der Waals surface area contributed by atoms with Gasteiger partial charge < -0.3 is 10.5 Å². The molecule has 1 atom stereocenters. The summed E-state index contributed by atoms with van der Waals surface area (Å²) in [6, 6.07) is 0.255. The first-order chi connectivity index (χ1) is 7.37. The molecule has 0 radical (unpaired) electrons. The van der Waals surface area contributed by atoms with Crippen molar-refractivity contribution in [1.82, 2.24) is 10.4 Å². The van der Waals surface area contributed by atoms with E-state index in [9.17, 15) is 4.79 Å². The molecule has 1 saturated heterocycles. The van der Waals surface area contributed by atoms with Crippen LogP contribution in [0, 0.1) is 0 Å². The van der Waals surface area contributed by atoms with E-state index in [0.29, 0.717) is 0 Å². The maximum atomic E-state index is 11.5. The van der Waals surface area contributed by atoms with E-state index in [0.717, 1.165) is 32.4 Å². The maximum Gasteiger partial charge on any atom is 0.422 e. The minimum absolute atomic E-state index is 0.255. The lowest BCUT2D eigenvalue weighted by Gasteiger charge is -2.25. The summed E-state index contributed by atoms with van der Waals surface area (Å²) in [5, 5.41) is 1.89. The standard InChI is InChI=1S/C11H23N3O2/c1-11(2,3)16-10(15)13-14-7-4-5-9(12)6-8-14/h9H,4-8,12H2,1-3H3,(H,13,15). The number of nitrogens with two attached hydrogens (primary N) is 1. The van der Waals surface area contributed by atoms with Crippen molar-refractivity contribution in [3.63, 3.8) is 0 Å². The summed E-state index contributed by atoms with van der Waals surface area (Å²) in [6.45, 7) is 7.19. The molecular formula is C11H23N3O2. The minimum atomic E-state index is -0.452. The molecule has 1 aliphatic rings. The Morgan fingerprint density at radius 1 is 1.38 bits per heavy atom. The number of hydrogen-bond acceptors (Lipinski definition) is 4. The fraction of sp³-hybridized carbons (Fsp3) is 0.909. The van der Waals surface area contributed by atoms with Gasteiger partial charge in [-0.3, -0.25) is 5.43 Å². The highest BCUT2D eigenvalue weighted by molar-refractivity contribution is 5.67. The van der Waals surface area contributed by atoms with Crippen LogP contribution in [0.4, 0.5) is 4.79 Å². The van der Waals surface area contributed by atoms with Crippen LogP contribution in [-0.4, -0.2) is 35.8 Å². The van der Waals surface area contributed by atoms with Gasteiger partial charge in [-0.15, -0.1) is 0 Å². The van der Waals surface area contributed by atoms with Gasteiger partial charge in [0.25, 0.3) is 0 Å². The van der Waals surface area contributed by atoms with Gasteiger partial charge >= 0.3 is 6.09 Å². The Morgan fingerprint density at radius 3 is 2.69 bits per heavy atom. The predicted molar refractivity (Wildman–Crippen MR) is 62.8 cm³/mol. The molecule has 0 aromatic carbocycles. The van der Waals surface area contributed by atoms with Crippen molar-refractivity contribution in [2.24, 2.45) is 5.73 Å². The summed E-state index contributed by atoms with van der Waals surface area (Å²) in [4.78, 5) is 11.5. The lowest BCUT2D eigenvalue weighted by Crippen LogP contribution is -2.45.